The summed E-state index contributed by atoms with van der Waals surface area (Å²) in [5.74, 6) is 0.454. The van der Waals surface area contributed by atoms with E-state index in [0.717, 1.165) is 51.4 Å². The van der Waals surface area contributed by atoms with E-state index >= 15 is 0 Å². The van der Waals surface area contributed by atoms with Gasteiger partial charge in [0, 0.05) is 42.8 Å². The first-order valence-corrected chi connectivity index (χ1v) is 9.26. The highest BCUT2D eigenvalue weighted by molar-refractivity contribution is 6.35. The van der Waals surface area contributed by atoms with Crippen LogP contribution in [0.4, 0.5) is 0 Å². The summed E-state index contributed by atoms with van der Waals surface area (Å²) in [5, 5.41) is 4.28. The number of ether oxygens (including phenoxy) is 2. The van der Waals surface area contributed by atoms with E-state index in [2.05, 4.69) is 15.2 Å². The van der Waals surface area contributed by atoms with Crippen molar-refractivity contribution in [3.63, 3.8) is 0 Å². The number of rotatable bonds is 9. The molecule has 0 radical (unpaired) electrons. The Balaban J connectivity index is 1.51. The minimum absolute atomic E-state index is 0.439. The lowest BCUT2D eigenvalue weighted by atomic mass is 10.2. The zero-order valence-corrected chi connectivity index (χ0v) is 15.9. The Morgan fingerprint density at radius 3 is 2.88 bits per heavy atom. The lowest BCUT2D eigenvalue weighted by molar-refractivity contribution is 0.0377. The Morgan fingerprint density at radius 2 is 2.12 bits per heavy atom. The number of benzene rings is 1. The van der Waals surface area contributed by atoms with Crippen LogP contribution in [0, 0.1) is 0 Å². The fraction of sp³-hybridized carbons (Fsp3) is 0.588. The molecule has 140 valence electrons. The van der Waals surface area contributed by atoms with E-state index in [4.69, 9.17) is 38.4 Å². The number of nitrogens with zero attached hydrogens (tertiary/aromatic N) is 2. The maximum atomic E-state index is 6.09. The van der Waals surface area contributed by atoms with Crippen LogP contribution in [0.15, 0.2) is 23.2 Å². The third-order valence-corrected chi connectivity index (χ3v) is 4.43. The zero-order chi connectivity index (χ0) is 17.9. The van der Waals surface area contributed by atoms with Crippen LogP contribution in [0.3, 0.4) is 0 Å². The topological polar surface area (TPSA) is 72.1 Å². The summed E-state index contributed by atoms with van der Waals surface area (Å²) >= 11 is 12.0. The molecule has 0 spiro atoms. The summed E-state index contributed by atoms with van der Waals surface area (Å²) in [6.45, 7) is 6.98. The van der Waals surface area contributed by atoms with Crippen LogP contribution in [0.5, 0.6) is 0 Å². The molecule has 0 bridgehead atoms. The van der Waals surface area contributed by atoms with Crippen LogP contribution in [0.25, 0.3) is 0 Å². The van der Waals surface area contributed by atoms with Gasteiger partial charge in [0.05, 0.1) is 26.4 Å². The summed E-state index contributed by atoms with van der Waals surface area (Å²) in [6.07, 6.45) is 0.994. The van der Waals surface area contributed by atoms with Crippen molar-refractivity contribution in [2.24, 2.45) is 10.7 Å². The summed E-state index contributed by atoms with van der Waals surface area (Å²) in [7, 11) is 0. The Kier molecular flexibility index (Phi) is 9.36. The molecular weight excluding hydrogens is 363 g/mol. The molecule has 0 saturated carbocycles. The Labute approximate surface area is 159 Å². The molecule has 3 N–H and O–H groups in total. The molecule has 0 amide bonds. The van der Waals surface area contributed by atoms with Crippen molar-refractivity contribution < 1.29 is 9.47 Å². The maximum absolute atomic E-state index is 6.09. The van der Waals surface area contributed by atoms with Gasteiger partial charge >= 0.3 is 0 Å². The van der Waals surface area contributed by atoms with Crippen LogP contribution in [-0.2, 0) is 16.1 Å². The first-order chi connectivity index (χ1) is 12.1. The number of aliphatic imine (C=N–C) groups is 1. The maximum Gasteiger partial charge on any atom is 0.188 e. The van der Waals surface area contributed by atoms with Gasteiger partial charge in [-0.15, -0.1) is 0 Å². The molecule has 0 unspecified atom stereocenters. The van der Waals surface area contributed by atoms with Crippen LogP contribution in [0.1, 0.15) is 12.0 Å². The molecule has 0 aromatic heterocycles. The highest BCUT2D eigenvalue weighted by Gasteiger charge is 2.08. The predicted octanol–water partition coefficient (Wildman–Crippen LogP) is 2.14. The molecule has 6 nitrogen and oxygen atoms in total. The predicted molar refractivity (Wildman–Crippen MR) is 102 cm³/mol. The second kappa shape index (κ2) is 11.5. The van der Waals surface area contributed by atoms with E-state index in [1.165, 1.54) is 0 Å². The number of nitrogens with one attached hydrogen (secondary N) is 1. The van der Waals surface area contributed by atoms with E-state index in [9.17, 15) is 0 Å². The molecule has 1 saturated heterocycles. The molecule has 1 heterocycles. The molecule has 1 aromatic carbocycles. The number of morpholine rings is 1. The monoisotopic (exact) mass is 388 g/mol. The quantitative estimate of drug-likeness (QED) is 0.385. The average Bonchev–Trinajstić information content (AvgIpc) is 2.61. The number of halogens is 2. The van der Waals surface area contributed by atoms with Crippen molar-refractivity contribution in [3.05, 3.63) is 33.8 Å². The first kappa shape index (κ1) is 20.3. The summed E-state index contributed by atoms with van der Waals surface area (Å²) in [6, 6.07) is 5.37. The fourth-order valence-electron chi connectivity index (χ4n) is 2.45. The van der Waals surface area contributed by atoms with E-state index in [1.807, 2.05) is 6.07 Å². The van der Waals surface area contributed by atoms with Gasteiger partial charge in [-0.3, -0.25) is 9.89 Å². The molecule has 1 aliphatic heterocycles. The van der Waals surface area contributed by atoms with E-state index < -0.39 is 0 Å². The van der Waals surface area contributed by atoms with Crippen molar-refractivity contribution >= 4 is 29.2 Å². The largest absolute Gasteiger partial charge is 0.379 e. The van der Waals surface area contributed by atoms with Crippen molar-refractivity contribution in [1.82, 2.24) is 10.2 Å². The van der Waals surface area contributed by atoms with Crippen LogP contribution >= 0.6 is 23.2 Å². The van der Waals surface area contributed by atoms with Gasteiger partial charge in [-0.1, -0.05) is 29.3 Å². The third-order valence-electron chi connectivity index (χ3n) is 3.84. The number of guanidine groups is 1. The van der Waals surface area contributed by atoms with Crippen molar-refractivity contribution in [2.45, 2.75) is 13.0 Å². The lowest BCUT2D eigenvalue weighted by Crippen LogP contribution is -2.37. The SMILES string of the molecule is NC(=NCCCN1CCOCC1)NCCOCc1ccc(Cl)cc1Cl. The van der Waals surface area contributed by atoms with E-state index in [1.54, 1.807) is 12.1 Å². The fourth-order valence-corrected chi connectivity index (χ4v) is 2.91. The first-order valence-electron chi connectivity index (χ1n) is 8.50. The third kappa shape index (κ3) is 8.25. The van der Waals surface area contributed by atoms with Crippen molar-refractivity contribution in [1.29, 1.82) is 0 Å². The lowest BCUT2D eigenvalue weighted by Gasteiger charge is -2.26. The van der Waals surface area contributed by atoms with Crippen molar-refractivity contribution in [3.8, 4) is 0 Å². The minimum atomic E-state index is 0.439. The average molecular weight is 389 g/mol. The summed E-state index contributed by atoms with van der Waals surface area (Å²) in [4.78, 5) is 6.71. The minimum Gasteiger partial charge on any atom is -0.379 e. The van der Waals surface area contributed by atoms with Gasteiger partial charge in [-0.05, 0) is 24.1 Å². The van der Waals surface area contributed by atoms with Gasteiger partial charge in [-0.2, -0.15) is 0 Å². The Hall–Kier alpha value is -1.05. The number of hydrogen-bond acceptors (Lipinski definition) is 4. The van der Waals surface area contributed by atoms with Gasteiger partial charge in [-0.25, -0.2) is 0 Å². The molecule has 0 atom stereocenters. The molecule has 25 heavy (non-hydrogen) atoms. The second-order valence-electron chi connectivity index (χ2n) is 5.79. The molecule has 8 heteroatoms. The van der Waals surface area contributed by atoms with Crippen molar-refractivity contribution in [2.75, 3.05) is 52.5 Å². The van der Waals surface area contributed by atoms with Gasteiger partial charge in [0.2, 0.25) is 0 Å². The molecule has 1 aromatic rings. The van der Waals surface area contributed by atoms with Crippen LogP contribution in [0.2, 0.25) is 10.0 Å². The highest BCUT2D eigenvalue weighted by Crippen LogP contribution is 2.21. The van der Waals surface area contributed by atoms with Gasteiger partial charge < -0.3 is 20.5 Å². The zero-order valence-electron chi connectivity index (χ0n) is 14.3. The molecular formula is C17H26Cl2N4O2. The molecule has 2 rings (SSSR count). The van der Waals surface area contributed by atoms with E-state index in [0.29, 0.717) is 35.8 Å². The van der Waals surface area contributed by atoms with Gasteiger partial charge in [0.25, 0.3) is 0 Å². The summed E-state index contributed by atoms with van der Waals surface area (Å²) < 4.78 is 10.9. The summed E-state index contributed by atoms with van der Waals surface area (Å²) in [5.41, 5.74) is 6.75. The molecule has 1 aliphatic rings. The van der Waals surface area contributed by atoms with Crippen LogP contribution < -0.4 is 11.1 Å². The smallest absolute Gasteiger partial charge is 0.188 e. The van der Waals surface area contributed by atoms with Crippen LogP contribution in [-0.4, -0.2) is 63.4 Å². The highest BCUT2D eigenvalue weighted by atomic mass is 35.5. The Bertz CT molecular complexity index is 551. The number of nitrogens with two attached hydrogens (primary N) is 1. The van der Waals surface area contributed by atoms with Gasteiger partial charge in [0.15, 0.2) is 5.96 Å². The van der Waals surface area contributed by atoms with Gasteiger partial charge in [0.1, 0.15) is 0 Å². The Morgan fingerprint density at radius 1 is 1.32 bits per heavy atom. The standard InChI is InChI=1S/C17H26Cl2N4O2/c18-15-3-2-14(16(19)12-15)13-25-9-5-22-17(20)21-4-1-6-23-7-10-24-11-8-23/h2-3,12H,1,4-11,13H2,(H3,20,21,22). The normalized spacial score (nSPS) is 16.2. The van der Waals surface area contributed by atoms with E-state index in [-0.39, 0.29) is 0 Å². The number of hydrogen-bond donors (Lipinski definition) is 2. The molecule has 0 aliphatic carbocycles. The second-order valence-corrected chi connectivity index (χ2v) is 6.63. The molecule has 1 fully saturated rings.